The van der Waals surface area contributed by atoms with Gasteiger partial charge in [-0.2, -0.15) is 13.2 Å². The maximum absolute atomic E-state index is 13.0. The Kier molecular flexibility index (Phi) is 4.29. The number of benzene rings is 1. The first-order chi connectivity index (χ1) is 9.38. The summed E-state index contributed by atoms with van der Waals surface area (Å²) in [5, 5.41) is 0. The average Bonchev–Trinajstić information content (AvgIpc) is 2.88. The summed E-state index contributed by atoms with van der Waals surface area (Å²) in [5.74, 6) is -0.321. The molecule has 1 aromatic heterocycles. The van der Waals surface area contributed by atoms with E-state index >= 15 is 0 Å². The Bertz CT molecular complexity index is 579. The lowest BCUT2D eigenvalue weighted by Crippen LogP contribution is -2.35. The Balaban J connectivity index is 2.20. The summed E-state index contributed by atoms with van der Waals surface area (Å²) in [7, 11) is -1.98. The van der Waals surface area contributed by atoms with Crippen molar-refractivity contribution < 1.29 is 21.8 Å². The van der Waals surface area contributed by atoms with E-state index in [-0.39, 0.29) is 10.7 Å². The lowest BCUT2D eigenvalue weighted by Gasteiger charge is -2.19. The topological polar surface area (TPSA) is 42.2 Å². The van der Waals surface area contributed by atoms with Crippen LogP contribution in [0.4, 0.5) is 13.2 Å². The fourth-order valence-corrected chi connectivity index (χ4v) is 2.56. The smallest absolute Gasteiger partial charge is 0.411 e. The second-order valence-electron chi connectivity index (χ2n) is 4.19. The minimum atomic E-state index is -4.60. The summed E-state index contributed by atoms with van der Waals surface area (Å²) in [4.78, 5) is 0.274. The summed E-state index contributed by atoms with van der Waals surface area (Å²) in [6.45, 7) is 1.83. The molecule has 2 aromatic rings. The minimum Gasteiger partial charge on any atom is -0.467 e. The van der Waals surface area contributed by atoms with Crippen LogP contribution < -0.4 is 4.72 Å². The standard InChI is InChI=1S/C13H12F3NO2S/c1-9-4-6-10(7-5-9)20(18)17-12(13(14,15)16)11-3-2-8-19-11/h2-8,12,17H,1H3/t12-,20?/m1/s1. The third kappa shape index (κ3) is 3.49. The number of furan rings is 1. The number of nitrogens with one attached hydrogen (secondary N) is 1. The number of halogens is 3. The highest BCUT2D eigenvalue weighted by Crippen LogP contribution is 2.33. The zero-order valence-electron chi connectivity index (χ0n) is 10.5. The van der Waals surface area contributed by atoms with Crippen molar-refractivity contribution in [1.29, 1.82) is 0 Å². The Morgan fingerprint density at radius 2 is 1.85 bits per heavy atom. The van der Waals surface area contributed by atoms with E-state index in [0.29, 0.717) is 0 Å². The second kappa shape index (κ2) is 5.80. The van der Waals surface area contributed by atoms with Crippen molar-refractivity contribution in [2.24, 2.45) is 0 Å². The van der Waals surface area contributed by atoms with Gasteiger partial charge in [-0.25, -0.2) is 8.93 Å². The lowest BCUT2D eigenvalue weighted by atomic mass is 10.2. The number of rotatable bonds is 4. The van der Waals surface area contributed by atoms with Crippen LogP contribution in [0.3, 0.4) is 0 Å². The van der Waals surface area contributed by atoms with Crippen molar-refractivity contribution in [1.82, 2.24) is 4.72 Å². The molecule has 2 rings (SSSR count). The predicted octanol–water partition coefficient (Wildman–Crippen LogP) is 3.50. The lowest BCUT2D eigenvalue weighted by molar-refractivity contribution is -0.156. The van der Waals surface area contributed by atoms with E-state index < -0.39 is 23.2 Å². The number of aryl methyl sites for hydroxylation is 1. The van der Waals surface area contributed by atoms with Crippen molar-refractivity contribution in [2.75, 3.05) is 0 Å². The van der Waals surface area contributed by atoms with Gasteiger partial charge in [0.1, 0.15) is 16.7 Å². The fraction of sp³-hybridized carbons (Fsp3) is 0.231. The van der Waals surface area contributed by atoms with Gasteiger partial charge < -0.3 is 4.42 Å². The molecule has 0 amide bonds. The molecule has 1 aromatic carbocycles. The molecule has 0 fully saturated rings. The molecule has 1 heterocycles. The van der Waals surface area contributed by atoms with Gasteiger partial charge in [-0.3, -0.25) is 0 Å². The molecule has 0 bridgehead atoms. The van der Waals surface area contributed by atoms with Crippen LogP contribution in [0.15, 0.2) is 52.0 Å². The van der Waals surface area contributed by atoms with Crippen LogP contribution >= 0.6 is 0 Å². The van der Waals surface area contributed by atoms with E-state index in [1.165, 1.54) is 24.3 Å². The normalized spacial score (nSPS) is 15.0. The Hall–Kier alpha value is -1.60. The van der Waals surface area contributed by atoms with Gasteiger partial charge in [0.2, 0.25) is 0 Å². The van der Waals surface area contributed by atoms with Crippen LogP contribution in [-0.2, 0) is 11.0 Å². The largest absolute Gasteiger partial charge is 0.467 e. The first kappa shape index (κ1) is 14.8. The van der Waals surface area contributed by atoms with Gasteiger partial charge in [-0.05, 0) is 31.2 Å². The molecular weight excluding hydrogens is 291 g/mol. The van der Waals surface area contributed by atoms with Crippen molar-refractivity contribution in [3.63, 3.8) is 0 Å². The van der Waals surface area contributed by atoms with Crippen molar-refractivity contribution in [2.45, 2.75) is 24.0 Å². The van der Waals surface area contributed by atoms with Gasteiger partial charge in [0.25, 0.3) is 0 Å². The first-order valence-corrected chi connectivity index (χ1v) is 6.87. The highest BCUT2D eigenvalue weighted by atomic mass is 32.2. The highest BCUT2D eigenvalue weighted by molar-refractivity contribution is 7.83. The molecule has 2 atom stereocenters. The second-order valence-corrected chi connectivity index (χ2v) is 5.43. The van der Waals surface area contributed by atoms with Crippen LogP contribution in [0.1, 0.15) is 17.4 Å². The molecule has 7 heteroatoms. The highest BCUT2D eigenvalue weighted by Gasteiger charge is 2.43. The van der Waals surface area contributed by atoms with E-state index in [2.05, 4.69) is 0 Å². The summed E-state index contributed by atoms with van der Waals surface area (Å²) >= 11 is 0. The van der Waals surface area contributed by atoms with Crippen molar-refractivity contribution >= 4 is 11.0 Å². The third-order valence-corrected chi connectivity index (χ3v) is 3.77. The molecule has 0 spiro atoms. The molecule has 0 saturated heterocycles. The van der Waals surface area contributed by atoms with Crippen molar-refractivity contribution in [3.05, 3.63) is 54.0 Å². The van der Waals surface area contributed by atoms with Crippen molar-refractivity contribution in [3.8, 4) is 0 Å². The molecule has 0 saturated carbocycles. The Morgan fingerprint density at radius 3 is 2.35 bits per heavy atom. The van der Waals surface area contributed by atoms with E-state index in [1.807, 2.05) is 11.6 Å². The van der Waals surface area contributed by atoms with Crippen LogP contribution in [-0.4, -0.2) is 10.4 Å². The van der Waals surface area contributed by atoms with Gasteiger partial charge in [-0.1, -0.05) is 17.7 Å². The van der Waals surface area contributed by atoms with Gasteiger partial charge in [0, 0.05) is 0 Å². The molecule has 0 aliphatic carbocycles. The van der Waals surface area contributed by atoms with Crippen LogP contribution in [0, 0.1) is 6.92 Å². The Labute approximate surface area is 116 Å². The molecule has 1 unspecified atom stereocenters. The zero-order chi connectivity index (χ0) is 14.8. The van der Waals surface area contributed by atoms with Gasteiger partial charge in [0.15, 0.2) is 6.04 Å². The molecule has 108 valence electrons. The van der Waals surface area contributed by atoms with E-state index in [1.54, 1.807) is 12.1 Å². The first-order valence-electron chi connectivity index (χ1n) is 5.72. The maximum Gasteiger partial charge on any atom is 0.411 e. The SMILES string of the molecule is Cc1ccc(S(=O)N[C@H](c2ccco2)C(F)(F)F)cc1. The van der Waals surface area contributed by atoms with Crippen LogP contribution in [0.5, 0.6) is 0 Å². The number of hydrogen-bond acceptors (Lipinski definition) is 2. The number of hydrogen-bond donors (Lipinski definition) is 1. The summed E-state index contributed by atoms with van der Waals surface area (Å²) in [5.41, 5.74) is 0.934. The predicted molar refractivity (Wildman–Crippen MR) is 68.2 cm³/mol. The van der Waals surface area contributed by atoms with Crippen LogP contribution in [0.2, 0.25) is 0 Å². The maximum atomic E-state index is 13.0. The van der Waals surface area contributed by atoms with Gasteiger partial charge in [-0.15, -0.1) is 0 Å². The van der Waals surface area contributed by atoms with E-state index in [9.17, 15) is 17.4 Å². The summed E-state index contributed by atoms with van der Waals surface area (Å²) in [6, 6.07) is 6.85. The summed E-state index contributed by atoms with van der Waals surface area (Å²) < 4.78 is 57.7. The quantitative estimate of drug-likeness (QED) is 0.939. The van der Waals surface area contributed by atoms with Crippen LogP contribution in [0.25, 0.3) is 0 Å². The van der Waals surface area contributed by atoms with Gasteiger partial charge >= 0.3 is 6.18 Å². The molecule has 0 aliphatic heterocycles. The third-order valence-electron chi connectivity index (χ3n) is 2.61. The molecule has 1 N–H and O–H groups in total. The minimum absolute atomic E-state index is 0.274. The summed E-state index contributed by atoms with van der Waals surface area (Å²) in [6.07, 6.45) is -3.46. The molecule has 3 nitrogen and oxygen atoms in total. The fourth-order valence-electron chi connectivity index (χ4n) is 1.58. The van der Waals surface area contributed by atoms with E-state index in [4.69, 9.17) is 4.42 Å². The average molecular weight is 303 g/mol. The number of alkyl halides is 3. The molecule has 20 heavy (non-hydrogen) atoms. The molecular formula is C13H12F3NO2S. The van der Waals surface area contributed by atoms with E-state index in [0.717, 1.165) is 11.8 Å². The monoisotopic (exact) mass is 303 g/mol. The Morgan fingerprint density at radius 1 is 1.20 bits per heavy atom. The zero-order valence-corrected chi connectivity index (χ0v) is 11.3. The van der Waals surface area contributed by atoms with Gasteiger partial charge in [0.05, 0.1) is 11.2 Å². The molecule has 0 radical (unpaired) electrons. The molecule has 0 aliphatic rings.